The minimum absolute atomic E-state index is 0.371. The Kier molecular flexibility index (Phi) is 6.44. The summed E-state index contributed by atoms with van der Waals surface area (Å²) >= 11 is 0. The number of benzene rings is 7. The van der Waals surface area contributed by atoms with E-state index in [1.165, 1.54) is 44.5 Å². The highest BCUT2D eigenvalue weighted by atomic mass is 16.5. The van der Waals surface area contributed by atoms with Crippen LogP contribution in [-0.4, -0.2) is 11.8 Å². The third-order valence-corrected chi connectivity index (χ3v) is 12.6. The maximum absolute atomic E-state index is 13.4. The minimum Gasteiger partial charge on any atom is -0.457 e. The average Bonchev–Trinajstić information content (AvgIpc) is 3.49. The van der Waals surface area contributed by atoms with Crippen LogP contribution in [0.5, 0.6) is 11.5 Å². The number of ether oxygens (including phenoxy) is 1. The number of aryl methyl sites for hydroxylation is 3. The normalized spacial score (nSPS) is 16.1. The van der Waals surface area contributed by atoms with Gasteiger partial charge in [-0.3, -0.25) is 14.9 Å². The number of fused-ring (bicyclic) bond motifs is 11. The zero-order chi connectivity index (χ0) is 37.2. The number of anilines is 2. The maximum Gasteiger partial charge on any atom is 0.258 e. The number of hydrogen-bond acceptors (Lipinski definition) is 4. The number of amides is 2. The standard InChI is InChI=1S/C50H36N2O3/c1-29-22-25-40-44(26-29)52(43-19-7-4-14-39(43)49(40)37-17-10-12-30(2)34(37)28-35-31(3)13-11-18-38(35)49)50(32-23-24-33-36(27-32)48(54)51-47(33)53)41-15-5-8-20-45(41)55-46-21-9-6-16-42(46)50/h4-27H,28H2,1-3H3,(H,51,53,54). The summed E-state index contributed by atoms with van der Waals surface area (Å²) in [6.07, 6.45) is 0.872. The van der Waals surface area contributed by atoms with Gasteiger partial charge >= 0.3 is 0 Å². The van der Waals surface area contributed by atoms with Crippen molar-refractivity contribution in [2.75, 3.05) is 4.90 Å². The first-order chi connectivity index (χ1) is 26.8. The fraction of sp³-hybridized carbons (Fsp3) is 0.120. The Bertz CT molecular complexity index is 2750. The second kappa shape index (κ2) is 11.2. The number of nitrogens with one attached hydrogen (secondary N) is 1. The highest BCUT2D eigenvalue weighted by molar-refractivity contribution is 6.21. The molecular weight excluding hydrogens is 677 g/mol. The Morgan fingerprint density at radius 3 is 1.76 bits per heavy atom. The molecule has 55 heavy (non-hydrogen) atoms. The molecule has 0 radical (unpaired) electrons. The van der Waals surface area contributed by atoms with Crippen molar-refractivity contribution in [2.24, 2.45) is 0 Å². The Morgan fingerprint density at radius 2 is 1.09 bits per heavy atom. The minimum atomic E-state index is -1.05. The molecule has 0 saturated carbocycles. The molecule has 0 bridgehead atoms. The van der Waals surface area contributed by atoms with E-state index in [1.54, 1.807) is 6.07 Å². The third-order valence-electron chi connectivity index (χ3n) is 12.6. The van der Waals surface area contributed by atoms with Crippen LogP contribution in [0.2, 0.25) is 0 Å². The summed E-state index contributed by atoms with van der Waals surface area (Å²) < 4.78 is 6.74. The van der Waals surface area contributed by atoms with Crippen LogP contribution in [-0.2, 0) is 17.4 Å². The van der Waals surface area contributed by atoms with Gasteiger partial charge in [0, 0.05) is 22.5 Å². The summed E-state index contributed by atoms with van der Waals surface area (Å²) in [5.41, 5.74) is 15.3. The van der Waals surface area contributed by atoms with E-state index in [2.05, 4.69) is 134 Å². The summed E-state index contributed by atoms with van der Waals surface area (Å²) in [6.45, 7) is 6.64. The maximum atomic E-state index is 13.4. The smallest absolute Gasteiger partial charge is 0.258 e. The topological polar surface area (TPSA) is 58.6 Å². The Hall–Kier alpha value is -6.72. The van der Waals surface area contributed by atoms with Crippen LogP contribution in [0.4, 0.5) is 11.4 Å². The van der Waals surface area contributed by atoms with Gasteiger partial charge < -0.3 is 9.64 Å². The summed E-state index contributed by atoms with van der Waals surface area (Å²) in [6, 6.07) is 51.6. The molecule has 0 atom stereocenters. The van der Waals surface area contributed by atoms with Crippen LogP contribution in [0, 0.1) is 20.8 Å². The van der Waals surface area contributed by atoms with Crippen LogP contribution in [0.1, 0.15) is 87.5 Å². The molecule has 4 aliphatic rings. The lowest BCUT2D eigenvalue weighted by molar-refractivity contribution is 0.0879. The van der Waals surface area contributed by atoms with Crippen LogP contribution in [0.25, 0.3) is 0 Å². The first-order valence-electron chi connectivity index (χ1n) is 18.9. The molecule has 3 aliphatic heterocycles. The van der Waals surface area contributed by atoms with Crippen molar-refractivity contribution < 1.29 is 14.3 Å². The zero-order valence-corrected chi connectivity index (χ0v) is 30.7. The highest BCUT2D eigenvalue weighted by Gasteiger charge is 2.57. The molecule has 264 valence electrons. The number of carbonyl (C=O) groups excluding carboxylic acids is 2. The second-order valence-corrected chi connectivity index (χ2v) is 15.4. The number of nitrogens with zero attached hydrogens (tertiary/aromatic N) is 1. The Balaban J connectivity index is 1.34. The van der Waals surface area contributed by atoms with Gasteiger partial charge in [-0.2, -0.15) is 0 Å². The van der Waals surface area contributed by atoms with E-state index in [0.717, 1.165) is 51.5 Å². The lowest BCUT2D eigenvalue weighted by Crippen LogP contribution is -2.52. The fourth-order valence-corrected chi connectivity index (χ4v) is 10.3. The van der Waals surface area contributed by atoms with Gasteiger partial charge in [0.05, 0.1) is 16.5 Å². The lowest BCUT2D eigenvalue weighted by atomic mass is 9.56. The molecule has 5 nitrogen and oxygen atoms in total. The van der Waals surface area contributed by atoms with E-state index in [1.807, 2.05) is 36.4 Å². The molecule has 7 aromatic rings. The van der Waals surface area contributed by atoms with Crippen molar-refractivity contribution in [1.82, 2.24) is 5.32 Å². The van der Waals surface area contributed by atoms with Crippen molar-refractivity contribution in [2.45, 2.75) is 38.1 Å². The van der Waals surface area contributed by atoms with Gasteiger partial charge in [0.15, 0.2) is 0 Å². The van der Waals surface area contributed by atoms with Gasteiger partial charge in [-0.05, 0) is 119 Å². The summed E-state index contributed by atoms with van der Waals surface area (Å²) in [4.78, 5) is 28.9. The van der Waals surface area contributed by atoms with Crippen LogP contribution in [0.3, 0.4) is 0 Å². The molecule has 7 aromatic carbocycles. The Labute approximate surface area is 319 Å². The number of para-hydroxylation sites is 3. The predicted molar refractivity (Wildman–Crippen MR) is 215 cm³/mol. The van der Waals surface area contributed by atoms with Crippen molar-refractivity contribution in [3.05, 3.63) is 223 Å². The van der Waals surface area contributed by atoms with Crippen LogP contribution in [0.15, 0.2) is 146 Å². The van der Waals surface area contributed by atoms with E-state index in [-0.39, 0.29) is 11.8 Å². The van der Waals surface area contributed by atoms with Gasteiger partial charge in [-0.1, -0.05) is 109 Å². The molecule has 3 heterocycles. The number of rotatable bonds is 2. The van der Waals surface area contributed by atoms with Crippen molar-refractivity contribution in [3.63, 3.8) is 0 Å². The molecule has 0 fully saturated rings. The predicted octanol–water partition coefficient (Wildman–Crippen LogP) is 10.3. The van der Waals surface area contributed by atoms with Gasteiger partial charge in [-0.25, -0.2) is 0 Å². The van der Waals surface area contributed by atoms with E-state index >= 15 is 0 Å². The SMILES string of the molecule is Cc1ccc2c(c1)N(C1(c3ccc4c(c3)C(=O)NC4=O)c3ccccc3Oc3ccccc31)c1ccccc1C21c2cccc(C)c2Cc2c(C)cccc21. The van der Waals surface area contributed by atoms with E-state index in [4.69, 9.17) is 4.74 Å². The van der Waals surface area contributed by atoms with E-state index < -0.39 is 11.0 Å². The van der Waals surface area contributed by atoms with Gasteiger partial charge in [0.1, 0.15) is 17.0 Å². The lowest BCUT2D eigenvalue weighted by Gasteiger charge is -2.56. The Morgan fingerprint density at radius 1 is 0.527 bits per heavy atom. The molecular formula is C50H36N2O3. The highest BCUT2D eigenvalue weighted by Crippen LogP contribution is 2.65. The van der Waals surface area contributed by atoms with Crippen molar-refractivity contribution in [3.8, 4) is 11.5 Å². The van der Waals surface area contributed by atoms with Gasteiger partial charge in [-0.15, -0.1) is 0 Å². The average molecular weight is 713 g/mol. The summed E-state index contributed by atoms with van der Waals surface area (Å²) in [5.74, 6) is 0.698. The third kappa shape index (κ3) is 3.97. The molecule has 5 heteroatoms. The van der Waals surface area contributed by atoms with Crippen LogP contribution >= 0.6 is 0 Å². The first kappa shape index (κ1) is 31.8. The molecule has 2 amide bonds. The molecule has 1 N–H and O–H groups in total. The second-order valence-electron chi connectivity index (χ2n) is 15.4. The zero-order valence-electron chi connectivity index (χ0n) is 30.7. The monoisotopic (exact) mass is 712 g/mol. The quantitative estimate of drug-likeness (QED) is 0.181. The van der Waals surface area contributed by atoms with Gasteiger partial charge in [0.25, 0.3) is 11.8 Å². The van der Waals surface area contributed by atoms with E-state index in [0.29, 0.717) is 11.1 Å². The molecule has 1 aliphatic carbocycles. The fourth-order valence-electron chi connectivity index (χ4n) is 10.3. The summed E-state index contributed by atoms with van der Waals surface area (Å²) in [7, 11) is 0. The molecule has 11 rings (SSSR count). The summed E-state index contributed by atoms with van der Waals surface area (Å²) in [5, 5.41) is 2.53. The molecule has 0 unspecified atom stereocenters. The number of imide groups is 1. The van der Waals surface area contributed by atoms with E-state index in [9.17, 15) is 9.59 Å². The van der Waals surface area contributed by atoms with Crippen LogP contribution < -0.4 is 15.0 Å². The van der Waals surface area contributed by atoms with Gasteiger partial charge in [0.2, 0.25) is 0 Å². The molecule has 1 spiro atoms. The van der Waals surface area contributed by atoms with Crippen molar-refractivity contribution in [1.29, 1.82) is 0 Å². The molecule has 0 aromatic heterocycles. The largest absolute Gasteiger partial charge is 0.457 e. The number of hydrogen-bond donors (Lipinski definition) is 1. The number of carbonyl (C=O) groups is 2. The van der Waals surface area contributed by atoms with Crippen molar-refractivity contribution >= 4 is 23.2 Å². The first-order valence-corrected chi connectivity index (χ1v) is 18.9. The molecule has 0 saturated heterocycles.